The van der Waals surface area contributed by atoms with Crippen LogP contribution in [0.4, 0.5) is 5.95 Å². The van der Waals surface area contributed by atoms with E-state index in [0.29, 0.717) is 23.8 Å². The van der Waals surface area contributed by atoms with Crippen LogP contribution in [-0.4, -0.2) is 45.2 Å². The lowest BCUT2D eigenvalue weighted by Crippen LogP contribution is -2.37. The Labute approximate surface area is 192 Å². The zero-order chi connectivity index (χ0) is 22.8. The van der Waals surface area contributed by atoms with Crippen molar-refractivity contribution in [1.29, 1.82) is 0 Å². The first kappa shape index (κ1) is 21.2. The van der Waals surface area contributed by atoms with E-state index >= 15 is 0 Å². The highest BCUT2D eigenvalue weighted by atomic mass is 16.5. The first-order valence-electron chi connectivity index (χ1n) is 11.4. The minimum atomic E-state index is 0.0526. The van der Waals surface area contributed by atoms with Crippen LogP contribution in [-0.2, 0) is 4.79 Å². The number of methoxy groups -OCH3 is 1. The maximum absolute atomic E-state index is 11.3. The van der Waals surface area contributed by atoms with E-state index in [1.807, 2.05) is 28.9 Å². The molecule has 33 heavy (non-hydrogen) atoms. The second-order valence-electron chi connectivity index (χ2n) is 8.68. The van der Waals surface area contributed by atoms with Gasteiger partial charge >= 0.3 is 0 Å². The number of nitrogens with zero attached hydrogens (tertiary/aromatic N) is 4. The van der Waals surface area contributed by atoms with Gasteiger partial charge in [-0.3, -0.25) is 9.78 Å². The van der Waals surface area contributed by atoms with Crippen molar-refractivity contribution >= 4 is 28.3 Å². The van der Waals surface area contributed by atoms with Crippen LogP contribution in [0.25, 0.3) is 27.5 Å². The van der Waals surface area contributed by atoms with Gasteiger partial charge in [0.25, 0.3) is 0 Å². The van der Waals surface area contributed by atoms with Crippen LogP contribution in [0.1, 0.15) is 32.6 Å². The van der Waals surface area contributed by atoms with Gasteiger partial charge in [-0.2, -0.15) is 4.98 Å². The van der Waals surface area contributed by atoms with Gasteiger partial charge in [0, 0.05) is 42.9 Å². The fourth-order valence-electron chi connectivity index (χ4n) is 4.72. The number of rotatable bonds is 6. The fourth-order valence-corrected chi connectivity index (χ4v) is 4.72. The van der Waals surface area contributed by atoms with Gasteiger partial charge in [0.15, 0.2) is 0 Å². The van der Waals surface area contributed by atoms with Crippen LogP contribution in [0.3, 0.4) is 0 Å². The molecule has 1 fully saturated rings. The van der Waals surface area contributed by atoms with Gasteiger partial charge in [-0.25, -0.2) is 4.52 Å². The Morgan fingerprint density at radius 2 is 2.03 bits per heavy atom. The van der Waals surface area contributed by atoms with Crippen molar-refractivity contribution in [3.05, 3.63) is 48.8 Å². The molecule has 0 radical (unpaired) electrons. The molecule has 4 aromatic rings. The minimum absolute atomic E-state index is 0.0526. The number of carbonyl (C=O) groups excluding carboxylic acids is 1. The monoisotopic (exact) mass is 444 g/mol. The van der Waals surface area contributed by atoms with E-state index < -0.39 is 0 Å². The number of amides is 1. The Morgan fingerprint density at radius 3 is 2.82 bits per heavy atom. The normalized spacial score (nSPS) is 18.4. The van der Waals surface area contributed by atoms with Gasteiger partial charge in [0.2, 0.25) is 17.7 Å². The molecule has 3 aromatic heterocycles. The number of fused-ring (bicyclic) bond motifs is 2. The average Bonchev–Trinajstić information content (AvgIpc) is 3.26. The van der Waals surface area contributed by atoms with Gasteiger partial charge in [-0.1, -0.05) is 12.1 Å². The topological polar surface area (TPSA) is 93.4 Å². The van der Waals surface area contributed by atoms with Crippen molar-refractivity contribution in [2.75, 3.05) is 19.0 Å². The van der Waals surface area contributed by atoms with Crippen molar-refractivity contribution in [3.8, 4) is 17.0 Å². The fraction of sp³-hybridized carbons (Fsp3) is 0.360. The van der Waals surface area contributed by atoms with Crippen molar-refractivity contribution < 1.29 is 9.53 Å². The zero-order valence-electron chi connectivity index (χ0n) is 18.9. The first-order chi connectivity index (χ1) is 16.1. The number of ether oxygens (including phenoxy) is 1. The number of aromatic nitrogens is 4. The summed E-state index contributed by atoms with van der Waals surface area (Å²) in [4.78, 5) is 20.3. The number of pyridine rings is 1. The molecule has 8 nitrogen and oxygen atoms in total. The van der Waals surface area contributed by atoms with Crippen LogP contribution in [0.5, 0.6) is 5.88 Å². The van der Waals surface area contributed by atoms with Crippen LogP contribution in [0.15, 0.2) is 48.8 Å². The van der Waals surface area contributed by atoms with Crippen molar-refractivity contribution in [2.24, 2.45) is 5.92 Å². The summed E-state index contributed by atoms with van der Waals surface area (Å²) in [5.41, 5.74) is 3.88. The molecule has 1 aliphatic carbocycles. The summed E-state index contributed by atoms with van der Waals surface area (Å²) in [6.45, 7) is 2.38. The van der Waals surface area contributed by atoms with Crippen LogP contribution < -0.4 is 15.4 Å². The second kappa shape index (κ2) is 9.05. The molecule has 0 unspecified atom stereocenters. The summed E-state index contributed by atoms with van der Waals surface area (Å²) in [6.07, 6.45) is 7.90. The number of hydrogen-bond acceptors (Lipinski definition) is 6. The molecule has 0 aliphatic heterocycles. The smallest absolute Gasteiger partial charge is 0.244 e. The third-order valence-corrected chi connectivity index (χ3v) is 6.39. The van der Waals surface area contributed by atoms with Gasteiger partial charge < -0.3 is 15.4 Å². The largest absolute Gasteiger partial charge is 0.479 e. The number of anilines is 1. The highest BCUT2D eigenvalue weighted by molar-refractivity contribution is 5.90. The van der Waals surface area contributed by atoms with E-state index in [-0.39, 0.29) is 5.91 Å². The van der Waals surface area contributed by atoms with Crippen molar-refractivity contribution in [3.63, 3.8) is 0 Å². The molecule has 1 saturated carbocycles. The number of benzene rings is 1. The second-order valence-corrected chi connectivity index (χ2v) is 8.68. The molecule has 1 aromatic carbocycles. The van der Waals surface area contributed by atoms with Crippen LogP contribution in [0, 0.1) is 5.92 Å². The summed E-state index contributed by atoms with van der Waals surface area (Å²) in [7, 11) is 1.64. The summed E-state index contributed by atoms with van der Waals surface area (Å²) >= 11 is 0. The Hall–Kier alpha value is -3.68. The maximum atomic E-state index is 11.3. The van der Waals surface area contributed by atoms with Crippen molar-refractivity contribution in [1.82, 2.24) is 24.9 Å². The van der Waals surface area contributed by atoms with Crippen LogP contribution in [0.2, 0.25) is 0 Å². The molecule has 0 spiro atoms. The van der Waals surface area contributed by atoms with E-state index in [9.17, 15) is 4.79 Å². The number of carbonyl (C=O) groups is 1. The van der Waals surface area contributed by atoms with Gasteiger partial charge in [0.1, 0.15) is 5.52 Å². The molecule has 0 bridgehead atoms. The van der Waals surface area contributed by atoms with Crippen molar-refractivity contribution in [2.45, 2.75) is 38.6 Å². The average molecular weight is 445 g/mol. The van der Waals surface area contributed by atoms with E-state index in [4.69, 9.17) is 4.74 Å². The van der Waals surface area contributed by atoms with E-state index in [2.05, 4.69) is 43.9 Å². The Morgan fingerprint density at radius 1 is 1.18 bits per heavy atom. The molecule has 1 aliphatic rings. The summed E-state index contributed by atoms with van der Waals surface area (Å²) in [5.74, 6) is 1.67. The predicted octanol–water partition coefficient (Wildman–Crippen LogP) is 4.06. The Balaban J connectivity index is 1.34. The molecule has 170 valence electrons. The molecular formula is C25H28N6O2. The van der Waals surface area contributed by atoms with Crippen LogP contribution >= 0.6 is 0 Å². The Kier molecular flexibility index (Phi) is 5.81. The quantitative estimate of drug-likeness (QED) is 0.466. The summed E-state index contributed by atoms with van der Waals surface area (Å²) in [5, 5.41) is 12.2. The number of nitrogens with one attached hydrogen (secondary N) is 2. The minimum Gasteiger partial charge on any atom is -0.479 e. The lowest BCUT2D eigenvalue weighted by molar-refractivity contribution is -0.119. The third kappa shape index (κ3) is 4.46. The van der Waals surface area contributed by atoms with E-state index in [1.54, 1.807) is 20.2 Å². The molecular weight excluding hydrogens is 416 g/mol. The van der Waals surface area contributed by atoms with E-state index in [0.717, 1.165) is 59.8 Å². The molecule has 1 amide bonds. The molecule has 5 rings (SSSR count). The predicted molar refractivity (Wildman–Crippen MR) is 128 cm³/mol. The highest BCUT2D eigenvalue weighted by Gasteiger charge is 2.22. The highest BCUT2D eigenvalue weighted by Crippen LogP contribution is 2.33. The molecule has 0 saturated heterocycles. The molecule has 8 heteroatoms. The Bertz CT molecular complexity index is 1290. The SMILES string of the molecule is COc1nc(NCC2CCC(NC(C)=O)CC2)nn2ccc(-c3ccc4ncccc4c3)c12. The molecule has 2 N–H and O–H groups in total. The number of hydrogen-bond donors (Lipinski definition) is 2. The zero-order valence-corrected chi connectivity index (χ0v) is 18.9. The van der Waals surface area contributed by atoms with E-state index in [1.165, 1.54) is 0 Å². The summed E-state index contributed by atoms with van der Waals surface area (Å²) < 4.78 is 7.48. The summed E-state index contributed by atoms with van der Waals surface area (Å²) in [6, 6.07) is 12.6. The third-order valence-electron chi connectivity index (χ3n) is 6.39. The standard InChI is InChI=1S/C25H28N6O2/c1-16(32)28-20-8-5-17(6-9-20)15-27-25-29-24(33-2)23-21(11-13-31(23)30-25)18-7-10-22-19(14-18)4-3-12-26-22/h3-4,7,10-14,17,20H,5-6,8-9,15H2,1-2H3,(H,27,30)(H,28,32). The lowest BCUT2D eigenvalue weighted by atomic mass is 9.86. The maximum Gasteiger partial charge on any atom is 0.244 e. The van der Waals surface area contributed by atoms with Gasteiger partial charge in [0.05, 0.1) is 12.6 Å². The van der Waals surface area contributed by atoms with Gasteiger partial charge in [-0.05, 0) is 61.4 Å². The van der Waals surface area contributed by atoms with Gasteiger partial charge in [-0.15, -0.1) is 5.10 Å². The first-order valence-corrected chi connectivity index (χ1v) is 11.4. The lowest BCUT2D eigenvalue weighted by Gasteiger charge is -2.28. The molecule has 3 heterocycles. The molecule has 0 atom stereocenters.